The Morgan fingerprint density at radius 2 is 1.76 bits per heavy atom. The highest BCUT2D eigenvalue weighted by Crippen LogP contribution is 2.27. The van der Waals surface area contributed by atoms with Crippen LogP contribution in [0, 0.1) is 17.0 Å². The monoisotopic (exact) mass is 411 g/mol. The molecule has 3 N–H and O–H groups in total. The van der Waals surface area contributed by atoms with Crippen LogP contribution in [0.4, 0.5) is 11.4 Å². The van der Waals surface area contributed by atoms with Crippen LogP contribution >= 0.6 is 11.3 Å². The minimum Gasteiger partial charge on any atom is -0.387 e. The van der Waals surface area contributed by atoms with Crippen LogP contribution in [-0.4, -0.2) is 28.8 Å². The first-order chi connectivity index (χ1) is 13.9. The van der Waals surface area contributed by atoms with Crippen molar-refractivity contribution in [3.63, 3.8) is 0 Å². The van der Waals surface area contributed by atoms with Crippen LogP contribution in [0.5, 0.6) is 0 Å². The summed E-state index contributed by atoms with van der Waals surface area (Å²) < 4.78 is 0. The Bertz CT molecular complexity index is 1080. The number of hydrogen-bond donors (Lipinski definition) is 3. The smallest absolute Gasteiger partial charge is 0.281 e. The van der Waals surface area contributed by atoms with Gasteiger partial charge in [-0.1, -0.05) is 30.3 Å². The molecule has 148 valence electrons. The van der Waals surface area contributed by atoms with E-state index in [1.165, 1.54) is 23.5 Å². The molecule has 2 amide bonds. The number of amides is 2. The molecular weight excluding hydrogens is 394 g/mol. The van der Waals surface area contributed by atoms with Crippen LogP contribution in [0.25, 0.3) is 10.6 Å². The van der Waals surface area contributed by atoms with E-state index in [0.29, 0.717) is 21.3 Å². The average Bonchev–Trinajstić information content (AvgIpc) is 3.13. The van der Waals surface area contributed by atoms with E-state index < -0.39 is 16.7 Å². The zero-order valence-corrected chi connectivity index (χ0v) is 16.4. The Morgan fingerprint density at radius 1 is 1.07 bits per heavy atom. The van der Waals surface area contributed by atoms with E-state index in [1.807, 2.05) is 30.3 Å². The fourth-order valence-corrected chi connectivity index (χ4v) is 3.57. The highest BCUT2D eigenvalue weighted by Gasteiger charge is 2.19. The number of hydrogen-bond acceptors (Lipinski definition) is 7. The molecule has 0 aliphatic heterocycles. The minimum absolute atomic E-state index is 0.0352. The molecule has 2 aromatic carbocycles. The first-order valence-corrected chi connectivity index (χ1v) is 9.32. The molecule has 0 spiro atoms. The van der Waals surface area contributed by atoms with E-state index in [0.717, 1.165) is 11.6 Å². The maximum atomic E-state index is 12.5. The number of aromatic nitrogens is 1. The van der Waals surface area contributed by atoms with Gasteiger partial charge in [0.1, 0.15) is 9.88 Å². The van der Waals surface area contributed by atoms with E-state index in [9.17, 15) is 19.7 Å². The van der Waals surface area contributed by atoms with Crippen molar-refractivity contribution in [2.45, 2.75) is 6.92 Å². The Morgan fingerprint density at radius 3 is 2.41 bits per heavy atom. The Kier molecular flexibility index (Phi) is 5.84. The fourth-order valence-electron chi connectivity index (χ4n) is 2.60. The van der Waals surface area contributed by atoms with Crippen LogP contribution in [0.2, 0.25) is 0 Å². The topological polar surface area (TPSA) is 126 Å². The van der Waals surface area contributed by atoms with Crippen molar-refractivity contribution >= 4 is 34.5 Å². The van der Waals surface area contributed by atoms with Gasteiger partial charge < -0.3 is 5.32 Å². The van der Waals surface area contributed by atoms with Crippen LogP contribution < -0.4 is 16.2 Å². The summed E-state index contributed by atoms with van der Waals surface area (Å²) in [5.74, 6) is -1.20. The number of anilines is 1. The van der Waals surface area contributed by atoms with E-state index >= 15 is 0 Å². The summed E-state index contributed by atoms with van der Waals surface area (Å²) in [5, 5.41) is 14.4. The molecule has 0 aliphatic carbocycles. The lowest BCUT2D eigenvalue weighted by molar-refractivity contribution is -0.384. The molecule has 0 atom stereocenters. The van der Waals surface area contributed by atoms with Crippen molar-refractivity contribution in [2.75, 3.05) is 12.4 Å². The number of benzene rings is 2. The van der Waals surface area contributed by atoms with E-state index in [1.54, 1.807) is 14.0 Å². The summed E-state index contributed by atoms with van der Waals surface area (Å²) in [6.07, 6.45) is 0. The second-order valence-corrected chi connectivity index (χ2v) is 6.94. The number of nitrogens with one attached hydrogen (secondary N) is 3. The number of nitro groups is 1. The van der Waals surface area contributed by atoms with Gasteiger partial charge in [0.2, 0.25) is 0 Å². The molecule has 0 bridgehead atoms. The lowest BCUT2D eigenvalue weighted by Gasteiger charge is -2.10. The number of rotatable bonds is 5. The normalized spacial score (nSPS) is 10.3. The number of hydrazine groups is 1. The maximum absolute atomic E-state index is 12.5. The molecule has 29 heavy (non-hydrogen) atoms. The third kappa shape index (κ3) is 4.38. The van der Waals surface area contributed by atoms with Gasteiger partial charge in [-0.2, -0.15) is 0 Å². The van der Waals surface area contributed by atoms with Gasteiger partial charge in [-0.15, -0.1) is 11.3 Å². The van der Waals surface area contributed by atoms with Crippen molar-refractivity contribution in [3.8, 4) is 10.6 Å². The van der Waals surface area contributed by atoms with Gasteiger partial charge in [0.05, 0.1) is 16.2 Å². The molecule has 3 aromatic rings. The van der Waals surface area contributed by atoms with Gasteiger partial charge in [-0.05, 0) is 13.0 Å². The molecule has 0 radical (unpaired) electrons. The maximum Gasteiger partial charge on any atom is 0.281 e. The number of carbonyl (C=O) groups is 2. The Balaban J connectivity index is 1.74. The summed E-state index contributed by atoms with van der Waals surface area (Å²) in [7, 11) is 1.59. The predicted molar refractivity (Wildman–Crippen MR) is 110 cm³/mol. The summed E-state index contributed by atoms with van der Waals surface area (Å²) in [4.78, 5) is 40.1. The van der Waals surface area contributed by atoms with Crippen LogP contribution in [0.1, 0.15) is 25.7 Å². The van der Waals surface area contributed by atoms with E-state index in [4.69, 9.17) is 0 Å². The molecule has 0 saturated carbocycles. The zero-order valence-electron chi connectivity index (χ0n) is 15.6. The van der Waals surface area contributed by atoms with Gasteiger partial charge in [0.25, 0.3) is 17.5 Å². The number of non-ortho nitro benzene ring substituents is 1. The molecule has 3 rings (SSSR count). The fraction of sp³-hybridized carbons (Fsp3) is 0.105. The lowest BCUT2D eigenvalue weighted by atomic mass is 10.1. The molecule has 0 saturated heterocycles. The predicted octanol–water partition coefficient (Wildman–Crippen LogP) is 3.14. The van der Waals surface area contributed by atoms with E-state index in [2.05, 4.69) is 21.2 Å². The number of nitro benzene ring substituents is 1. The van der Waals surface area contributed by atoms with Crippen molar-refractivity contribution in [3.05, 3.63) is 74.8 Å². The number of thiazole rings is 1. The van der Waals surface area contributed by atoms with Crippen molar-refractivity contribution in [1.29, 1.82) is 0 Å². The van der Waals surface area contributed by atoms with Gasteiger partial charge >= 0.3 is 0 Å². The van der Waals surface area contributed by atoms with Gasteiger partial charge in [-0.3, -0.25) is 30.6 Å². The van der Waals surface area contributed by atoms with Crippen molar-refractivity contribution in [2.24, 2.45) is 0 Å². The van der Waals surface area contributed by atoms with Crippen LogP contribution in [0.3, 0.4) is 0 Å². The summed E-state index contributed by atoms with van der Waals surface area (Å²) in [5.41, 5.74) is 6.25. The van der Waals surface area contributed by atoms with Crippen molar-refractivity contribution in [1.82, 2.24) is 15.8 Å². The summed E-state index contributed by atoms with van der Waals surface area (Å²) >= 11 is 1.21. The van der Waals surface area contributed by atoms with Gasteiger partial charge in [0.15, 0.2) is 0 Å². The van der Waals surface area contributed by atoms with E-state index in [-0.39, 0.29) is 11.3 Å². The van der Waals surface area contributed by atoms with Crippen LogP contribution in [-0.2, 0) is 0 Å². The molecule has 0 fully saturated rings. The quantitative estimate of drug-likeness (QED) is 0.437. The number of carbonyl (C=O) groups excluding carboxylic acids is 2. The summed E-state index contributed by atoms with van der Waals surface area (Å²) in [6.45, 7) is 1.71. The summed E-state index contributed by atoms with van der Waals surface area (Å²) in [6, 6.07) is 13.3. The van der Waals surface area contributed by atoms with Gasteiger partial charge in [0, 0.05) is 30.4 Å². The standard InChI is InChI=1S/C19H17N5O4S/c1-11-16(29-19(21-11)12-6-4-3-5-7-12)18(26)23-22-17(25)14-10-13(24(27)28)8-9-15(14)20-2/h3-10,20H,1-2H3,(H,22,25)(H,23,26). The third-order valence-corrected chi connectivity index (χ3v) is 5.25. The van der Waals surface area contributed by atoms with Crippen LogP contribution in [0.15, 0.2) is 48.5 Å². The second kappa shape index (κ2) is 8.48. The minimum atomic E-state index is -0.683. The highest BCUT2D eigenvalue weighted by molar-refractivity contribution is 7.17. The molecule has 1 heterocycles. The molecule has 0 unspecified atom stereocenters. The Hall–Kier alpha value is -3.79. The third-order valence-electron chi connectivity index (χ3n) is 4.04. The Labute approximate surface area is 169 Å². The SMILES string of the molecule is CNc1ccc([N+](=O)[O-])cc1C(=O)NNC(=O)c1sc(-c2ccccc2)nc1C. The first kappa shape index (κ1) is 20.0. The molecule has 9 nitrogen and oxygen atoms in total. The number of nitrogens with zero attached hydrogens (tertiary/aromatic N) is 2. The molecule has 1 aromatic heterocycles. The largest absolute Gasteiger partial charge is 0.387 e. The molecule has 0 aliphatic rings. The zero-order chi connectivity index (χ0) is 21.0. The highest BCUT2D eigenvalue weighted by atomic mass is 32.1. The van der Waals surface area contributed by atoms with Gasteiger partial charge in [-0.25, -0.2) is 4.98 Å². The molecular formula is C19H17N5O4S. The number of aryl methyl sites for hydroxylation is 1. The van der Waals surface area contributed by atoms with Crippen molar-refractivity contribution < 1.29 is 14.5 Å². The average molecular weight is 411 g/mol. The second-order valence-electron chi connectivity index (χ2n) is 5.94. The first-order valence-electron chi connectivity index (χ1n) is 8.50. The lowest BCUT2D eigenvalue weighted by Crippen LogP contribution is -2.41. The molecule has 10 heteroatoms.